The van der Waals surface area contributed by atoms with Crippen molar-refractivity contribution < 1.29 is 19.4 Å². The summed E-state index contributed by atoms with van der Waals surface area (Å²) in [6.07, 6.45) is 0. The van der Waals surface area contributed by atoms with E-state index in [9.17, 15) is 4.79 Å². The highest BCUT2D eigenvalue weighted by Gasteiger charge is 2.05. The van der Waals surface area contributed by atoms with Crippen LogP contribution in [0.15, 0.2) is 72.8 Å². The molecule has 0 bridgehead atoms. The second-order valence-electron chi connectivity index (χ2n) is 5.98. The van der Waals surface area contributed by atoms with Gasteiger partial charge in [0, 0.05) is 17.8 Å². The van der Waals surface area contributed by atoms with Crippen LogP contribution in [-0.4, -0.2) is 18.2 Å². The average molecular weight is 363 g/mol. The molecule has 0 saturated heterocycles. The van der Waals surface area contributed by atoms with E-state index in [4.69, 9.17) is 14.6 Å². The van der Waals surface area contributed by atoms with Gasteiger partial charge in [-0.05, 0) is 48.0 Å². The van der Waals surface area contributed by atoms with Gasteiger partial charge in [0.25, 0.3) is 0 Å². The normalized spacial score (nSPS) is 10.3. The van der Waals surface area contributed by atoms with Crippen molar-refractivity contribution in [3.8, 4) is 11.5 Å². The van der Waals surface area contributed by atoms with Gasteiger partial charge in [-0.15, -0.1) is 0 Å². The van der Waals surface area contributed by atoms with E-state index in [0.717, 1.165) is 28.3 Å². The number of anilines is 1. The van der Waals surface area contributed by atoms with Crippen molar-refractivity contribution in [2.45, 2.75) is 13.2 Å². The summed E-state index contributed by atoms with van der Waals surface area (Å²) in [6.45, 7) is 1.000. The molecule has 27 heavy (non-hydrogen) atoms. The molecule has 0 fully saturated rings. The minimum absolute atomic E-state index is 0.267. The number of hydrogen-bond acceptors (Lipinski definition) is 4. The van der Waals surface area contributed by atoms with E-state index < -0.39 is 5.97 Å². The number of benzene rings is 3. The van der Waals surface area contributed by atoms with Gasteiger partial charge < -0.3 is 19.9 Å². The summed E-state index contributed by atoms with van der Waals surface area (Å²) >= 11 is 0. The average Bonchev–Trinajstić information content (AvgIpc) is 2.72. The molecular formula is C22H21NO4. The fraction of sp³-hybridized carbons (Fsp3) is 0.136. The number of rotatable bonds is 8. The maximum Gasteiger partial charge on any atom is 0.335 e. The minimum atomic E-state index is -0.933. The summed E-state index contributed by atoms with van der Waals surface area (Å²) in [4.78, 5) is 10.9. The molecule has 3 aromatic carbocycles. The number of aromatic carboxylic acids is 1. The Bertz CT molecular complexity index is 889. The molecule has 0 spiro atoms. The Balaban J connectivity index is 1.62. The molecule has 0 amide bonds. The molecular weight excluding hydrogens is 342 g/mol. The highest BCUT2D eigenvalue weighted by atomic mass is 16.5. The maximum atomic E-state index is 10.9. The molecule has 3 rings (SSSR count). The molecule has 0 aliphatic carbocycles. The number of para-hydroxylation sites is 1. The summed E-state index contributed by atoms with van der Waals surface area (Å²) < 4.78 is 11.1. The number of hydrogen-bond donors (Lipinski definition) is 2. The van der Waals surface area contributed by atoms with Gasteiger partial charge in [0.15, 0.2) is 0 Å². The monoisotopic (exact) mass is 363 g/mol. The van der Waals surface area contributed by atoms with Gasteiger partial charge in [0.05, 0.1) is 12.7 Å². The fourth-order valence-corrected chi connectivity index (χ4v) is 2.60. The number of methoxy groups -OCH3 is 1. The van der Waals surface area contributed by atoms with Gasteiger partial charge in [-0.2, -0.15) is 0 Å². The molecule has 2 N–H and O–H groups in total. The van der Waals surface area contributed by atoms with E-state index in [0.29, 0.717) is 13.2 Å². The molecule has 0 unspecified atom stereocenters. The van der Waals surface area contributed by atoms with Crippen LogP contribution in [0.2, 0.25) is 0 Å². The standard InChI is InChI=1S/C22H21NO4/c1-26-20-12-10-19(11-13-20)23-14-18-4-2-3-5-21(18)27-15-16-6-8-17(9-7-16)22(24)25/h2-13,23H,14-15H2,1H3,(H,24,25). The molecule has 3 aromatic rings. The number of nitrogens with one attached hydrogen (secondary N) is 1. The molecule has 0 saturated carbocycles. The van der Waals surface area contributed by atoms with Crippen LogP contribution >= 0.6 is 0 Å². The van der Waals surface area contributed by atoms with Crippen molar-refractivity contribution in [3.63, 3.8) is 0 Å². The highest BCUT2D eigenvalue weighted by molar-refractivity contribution is 5.87. The van der Waals surface area contributed by atoms with Crippen LogP contribution in [0.5, 0.6) is 11.5 Å². The summed E-state index contributed by atoms with van der Waals surface area (Å²) in [7, 11) is 1.64. The van der Waals surface area contributed by atoms with Crippen molar-refractivity contribution in [1.82, 2.24) is 0 Å². The van der Waals surface area contributed by atoms with E-state index in [1.54, 1.807) is 31.4 Å². The van der Waals surface area contributed by atoms with Crippen LogP contribution in [-0.2, 0) is 13.2 Å². The first kappa shape index (κ1) is 18.3. The molecule has 0 aromatic heterocycles. The summed E-state index contributed by atoms with van der Waals surface area (Å²) in [6, 6.07) is 22.3. The molecule has 0 aliphatic rings. The summed E-state index contributed by atoms with van der Waals surface area (Å²) in [5.74, 6) is 0.677. The van der Waals surface area contributed by atoms with Gasteiger partial charge in [-0.1, -0.05) is 30.3 Å². The van der Waals surface area contributed by atoms with E-state index >= 15 is 0 Å². The number of carboxylic acid groups (broad SMARTS) is 1. The zero-order valence-corrected chi connectivity index (χ0v) is 15.0. The van der Waals surface area contributed by atoms with Crippen LogP contribution in [0.4, 0.5) is 5.69 Å². The Morgan fingerprint density at radius 3 is 2.33 bits per heavy atom. The van der Waals surface area contributed by atoms with Crippen LogP contribution in [0.3, 0.4) is 0 Å². The first-order valence-electron chi connectivity index (χ1n) is 8.56. The third kappa shape index (κ3) is 5.01. The van der Waals surface area contributed by atoms with Gasteiger partial charge in [0.1, 0.15) is 18.1 Å². The second-order valence-corrected chi connectivity index (χ2v) is 5.98. The van der Waals surface area contributed by atoms with Crippen LogP contribution in [0, 0.1) is 0 Å². The third-order valence-electron chi connectivity index (χ3n) is 4.14. The smallest absolute Gasteiger partial charge is 0.335 e. The largest absolute Gasteiger partial charge is 0.497 e. The lowest BCUT2D eigenvalue weighted by Crippen LogP contribution is -2.04. The topological polar surface area (TPSA) is 67.8 Å². The van der Waals surface area contributed by atoms with Crippen molar-refractivity contribution in [2.75, 3.05) is 12.4 Å². The highest BCUT2D eigenvalue weighted by Crippen LogP contribution is 2.22. The Morgan fingerprint density at radius 1 is 0.963 bits per heavy atom. The number of carboxylic acids is 1. The van der Waals surface area contributed by atoms with E-state index in [1.807, 2.05) is 48.5 Å². The number of ether oxygens (including phenoxy) is 2. The predicted octanol–water partition coefficient (Wildman–Crippen LogP) is 4.58. The van der Waals surface area contributed by atoms with Gasteiger partial charge in [0.2, 0.25) is 0 Å². The third-order valence-corrected chi connectivity index (χ3v) is 4.14. The molecule has 0 radical (unpaired) electrons. The van der Waals surface area contributed by atoms with E-state index in [2.05, 4.69) is 5.32 Å². The summed E-state index contributed by atoms with van der Waals surface area (Å²) in [5, 5.41) is 12.3. The Hall–Kier alpha value is -3.47. The van der Waals surface area contributed by atoms with Gasteiger partial charge >= 0.3 is 5.97 Å². The zero-order chi connectivity index (χ0) is 19.1. The SMILES string of the molecule is COc1ccc(NCc2ccccc2OCc2ccc(C(=O)O)cc2)cc1. The molecule has 0 heterocycles. The van der Waals surface area contributed by atoms with Crippen LogP contribution in [0.1, 0.15) is 21.5 Å². The van der Waals surface area contributed by atoms with Gasteiger partial charge in [-0.25, -0.2) is 4.79 Å². The second kappa shape index (κ2) is 8.76. The first-order valence-corrected chi connectivity index (χ1v) is 8.56. The van der Waals surface area contributed by atoms with Gasteiger partial charge in [-0.3, -0.25) is 0 Å². The lowest BCUT2D eigenvalue weighted by Gasteiger charge is -2.13. The fourth-order valence-electron chi connectivity index (χ4n) is 2.60. The quantitative estimate of drug-likeness (QED) is 0.613. The first-order chi connectivity index (χ1) is 13.2. The van der Waals surface area contributed by atoms with E-state index in [1.165, 1.54) is 0 Å². The minimum Gasteiger partial charge on any atom is -0.497 e. The maximum absolute atomic E-state index is 10.9. The lowest BCUT2D eigenvalue weighted by atomic mass is 10.1. The number of carbonyl (C=O) groups is 1. The van der Waals surface area contributed by atoms with Crippen molar-refractivity contribution in [1.29, 1.82) is 0 Å². The molecule has 5 nitrogen and oxygen atoms in total. The molecule has 0 atom stereocenters. The lowest BCUT2D eigenvalue weighted by molar-refractivity contribution is 0.0697. The Morgan fingerprint density at radius 2 is 1.67 bits per heavy atom. The molecule has 5 heteroatoms. The van der Waals surface area contributed by atoms with Crippen molar-refractivity contribution in [3.05, 3.63) is 89.5 Å². The van der Waals surface area contributed by atoms with Crippen molar-refractivity contribution in [2.24, 2.45) is 0 Å². The zero-order valence-electron chi connectivity index (χ0n) is 15.0. The summed E-state index contributed by atoms with van der Waals surface area (Å²) in [5.41, 5.74) is 3.21. The van der Waals surface area contributed by atoms with Crippen molar-refractivity contribution >= 4 is 11.7 Å². The van der Waals surface area contributed by atoms with Crippen LogP contribution in [0.25, 0.3) is 0 Å². The van der Waals surface area contributed by atoms with Crippen LogP contribution < -0.4 is 14.8 Å². The Labute approximate surface area is 158 Å². The predicted molar refractivity (Wildman–Crippen MR) is 104 cm³/mol. The van der Waals surface area contributed by atoms with E-state index in [-0.39, 0.29) is 5.56 Å². The molecule has 138 valence electrons. The Kier molecular flexibility index (Phi) is 5.94. The molecule has 0 aliphatic heterocycles.